The lowest BCUT2D eigenvalue weighted by Crippen LogP contribution is -2.08. The maximum atomic E-state index is 11.3. The molecule has 1 aromatic rings. The predicted octanol–water partition coefficient (Wildman–Crippen LogP) is 1.94. The highest BCUT2D eigenvalue weighted by Crippen LogP contribution is 2.32. The van der Waals surface area contributed by atoms with Crippen LogP contribution in [-0.4, -0.2) is 11.7 Å². The minimum Gasteiger partial charge on any atom is -0.325 e. The third-order valence-corrected chi connectivity index (χ3v) is 2.58. The van der Waals surface area contributed by atoms with Gasteiger partial charge in [-0.15, -0.1) is 0 Å². The molecule has 1 aliphatic heterocycles. The van der Waals surface area contributed by atoms with Crippen LogP contribution in [0.2, 0.25) is 0 Å². The summed E-state index contributed by atoms with van der Waals surface area (Å²) in [5.74, 6) is -0.0895. The van der Waals surface area contributed by atoms with E-state index in [1.165, 1.54) is 6.92 Å². The third kappa shape index (κ3) is 1.21. The summed E-state index contributed by atoms with van der Waals surface area (Å²) in [7, 11) is 0. The maximum Gasteiger partial charge on any atom is 0.231 e. The average molecular weight is 189 g/mol. The smallest absolute Gasteiger partial charge is 0.231 e. The summed E-state index contributed by atoms with van der Waals surface area (Å²) in [5.41, 5.74) is 2.38. The molecule has 1 atom stereocenters. The Bertz CT molecular complexity index is 423. The third-order valence-electron chi connectivity index (χ3n) is 2.58. The molecule has 1 heterocycles. The zero-order chi connectivity index (χ0) is 10.3. The van der Waals surface area contributed by atoms with Crippen molar-refractivity contribution in [1.82, 2.24) is 0 Å². The Balaban J connectivity index is 2.49. The Kier molecular flexibility index (Phi) is 1.88. The van der Waals surface area contributed by atoms with Gasteiger partial charge in [0, 0.05) is 11.3 Å². The van der Waals surface area contributed by atoms with Crippen LogP contribution in [0.3, 0.4) is 0 Å². The number of carbonyl (C=O) groups excluding carboxylic acids is 2. The maximum absolute atomic E-state index is 11.3. The lowest BCUT2D eigenvalue weighted by atomic mass is 10.0. The second-order valence-electron chi connectivity index (χ2n) is 3.57. The zero-order valence-corrected chi connectivity index (χ0v) is 8.13. The van der Waals surface area contributed by atoms with Crippen molar-refractivity contribution in [2.24, 2.45) is 0 Å². The van der Waals surface area contributed by atoms with Crippen molar-refractivity contribution in [2.75, 3.05) is 5.32 Å². The van der Waals surface area contributed by atoms with Crippen molar-refractivity contribution in [2.45, 2.75) is 19.8 Å². The number of ketones is 1. The molecule has 0 saturated carbocycles. The van der Waals surface area contributed by atoms with Crippen LogP contribution in [0.4, 0.5) is 5.69 Å². The highest BCUT2D eigenvalue weighted by atomic mass is 16.2. The number of nitrogens with one attached hydrogen (secondary N) is 1. The number of benzene rings is 1. The van der Waals surface area contributed by atoms with Gasteiger partial charge >= 0.3 is 0 Å². The SMILES string of the molecule is CC(=O)c1ccc2c(c1)NC(=O)[C@H]2C. The van der Waals surface area contributed by atoms with Gasteiger partial charge < -0.3 is 5.32 Å². The van der Waals surface area contributed by atoms with Gasteiger partial charge in [-0.25, -0.2) is 0 Å². The van der Waals surface area contributed by atoms with E-state index in [9.17, 15) is 9.59 Å². The molecule has 0 fully saturated rings. The molecule has 2 rings (SSSR count). The Morgan fingerprint density at radius 3 is 2.79 bits per heavy atom. The van der Waals surface area contributed by atoms with Crippen molar-refractivity contribution in [3.63, 3.8) is 0 Å². The fourth-order valence-corrected chi connectivity index (χ4v) is 1.64. The first-order valence-electron chi connectivity index (χ1n) is 4.55. The van der Waals surface area contributed by atoms with Crippen LogP contribution in [-0.2, 0) is 4.79 Å². The van der Waals surface area contributed by atoms with E-state index in [0.717, 1.165) is 11.3 Å². The fourth-order valence-electron chi connectivity index (χ4n) is 1.64. The molecule has 1 aliphatic rings. The molecule has 0 saturated heterocycles. The van der Waals surface area contributed by atoms with Gasteiger partial charge in [0.1, 0.15) is 0 Å². The summed E-state index contributed by atoms with van der Waals surface area (Å²) in [5, 5.41) is 2.75. The number of Topliss-reactive ketones (excluding diaryl/α,β-unsaturated/α-hetero) is 1. The molecule has 0 unspecified atom stereocenters. The standard InChI is InChI=1S/C11H11NO2/c1-6-9-4-3-8(7(2)13)5-10(9)12-11(6)14/h3-6H,1-2H3,(H,12,14)/t6-/m0/s1. The second kappa shape index (κ2) is 2.94. The predicted molar refractivity (Wildman–Crippen MR) is 53.5 cm³/mol. The Hall–Kier alpha value is -1.64. The molecule has 14 heavy (non-hydrogen) atoms. The fraction of sp³-hybridized carbons (Fsp3) is 0.273. The molecule has 0 radical (unpaired) electrons. The number of carbonyl (C=O) groups is 2. The summed E-state index contributed by atoms with van der Waals surface area (Å²) >= 11 is 0. The minimum absolute atomic E-state index is 0.000650. The normalized spacial score (nSPS) is 19.0. The summed E-state index contributed by atoms with van der Waals surface area (Å²) in [4.78, 5) is 22.4. The molecule has 1 N–H and O–H groups in total. The van der Waals surface area contributed by atoms with Crippen molar-refractivity contribution in [3.05, 3.63) is 29.3 Å². The van der Waals surface area contributed by atoms with Gasteiger partial charge in [0.25, 0.3) is 0 Å². The first-order chi connectivity index (χ1) is 6.59. The van der Waals surface area contributed by atoms with E-state index in [-0.39, 0.29) is 17.6 Å². The van der Waals surface area contributed by atoms with E-state index in [2.05, 4.69) is 5.32 Å². The largest absolute Gasteiger partial charge is 0.325 e. The van der Waals surface area contributed by atoms with Gasteiger partial charge in [0.2, 0.25) is 5.91 Å². The van der Waals surface area contributed by atoms with Crippen LogP contribution in [0.25, 0.3) is 0 Å². The lowest BCUT2D eigenvalue weighted by molar-refractivity contribution is -0.116. The van der Waals surface area contributed by atoms with Gasteiger partial charge in [-0.2, -0.15) is 0 Å². The van der Waals surface area contributed by atoms with Crippen molar-refractivity contribution < 1.29 is 9.59 Å². The van der Waals surface area contributed by atoms with Gasteiger partial charge in [-0.05, 0) is 25.5 Å². The van der Waals surface area contributed by atoms with Crippen LogP contribution >= 0.6 is 0 Å². The van der Waals surface area contributed by atoms with Crippen molar-refractivity contribution in [3.8, 4) is 0 Å². The van der Waals surface area contributed by atoms with Crippen molar-refractivity contribution >= 4 is 17.4 Å². The number of hydrogen-bond donors (Lipinski definition) is 1. The molecule has 0 aliphatic carbocycles. The molecular formula is C11H11NO2. The highest BCUT2D eigenvalue weighted by Gasteiger charge is 2.26. The topological polar surface area (TPSA) is 46.2 Å². The van der Waals surface area contributed by atoms with E-state index >= 15 is 0 Å². The van der Waals surface area contributed by atoms with Gasteiger partial charge in [-0.1, -0.05) is 12.1 Å². The minimum atomic E-state index is -0.106. The monoisotopic (exact) mass is 189 g/mol. The highest BCUT2D eigenvalue weighted by molar-refractivity contribution is 6.04. The zero-order valence-electron chi connectivity index (χ0n) is 8.13. The average Bonchev–Trinajstić information content (AvgIpc) is 2.42. The van der Waals surface area contributed by atoms with Crippen molar-refractivity contribution in [1.29, 1.82) is 0 Å². The lowest BCUT2D eigenvalue weighted by Gasteiger charge is -2.02. The van der Waals surface area contributed by atoms with E-state index < -0.39 is 0 Å². The molecular weight excluding hydrogens is 178 g/mol. The Labute approximate surface area is 82.1 Å². The van der Waals surface area contributed by atoms with E-state index in [0.29, 0.717) is 5.56 Å². The van der Waals surface area contributed by atoms with E-state index in [1.54, 1.807) is 12.1 Å². The second-order valence-corrected chi connectivity index (χ2v) is 3.57. The summed E-state index contributed by atoms with van der Waals surface area (Å²) < 4.78 is 0. The number of amides is 1. The molecule has 1 amide bonds. The molecule has 3 nitrogen and oxygen atoms in total. The van der Waals surface area contributed by atoms with E-state index in [1.807, 2.05) is 13.0 Å². The summed E-state index contributed by atoms with van der Waals surface area (Å²) in [6.45, 7) is 3.37. The molecule has 0 bridgehead atoms. The van der Waals surface area contributed by atoms with Crippen LogP contribution in [0.1, 0.15) is 35.7 Å². The number of fused-ring (bicyclic) bond motifs is 1. The molecule has 0 spiro atoms. The molecule has 0 aromatic heterocycles. The Morgan fingerprint density at radius 2 is 2.14 bits per heavy atom. The van der Waals surface area contributed by atoms with E-state index in [4.69, 9.17) is 0 Å². The molecule has 1 aromatic carbocycles. The van der Waals surface area contributed by atoms with Crippen LogP contribution in [0.5, 0.6) is 0 Å². The molecule has 72 valence electrons. The van der Waals surface area contributed by atoms with Crippen LogP contribution in [0.15, 0.2) is 18.2 Å². The van der Waals surface area contributed by atoms with Crippen LogP contribution in [0, 0.1) is 0 Å². The van der Waals surface area contributed by atoms with Gasteiger partial charge in [0.15, 0.2) is 5.78 Å². The first kappa shape index (κ1) is 8.94. The summed E-state index contributed by atoms with van der Waals surface area (Å²) in [6.07, 6.45) is 0. The van der Waals surface area contributed by atoms with Gasteiger partial charge in [0.05, 0.1) is 5.92 Å². The quantitative estimate of drug-likeness (QED) is 0.686. The number of rotatable bonds is 1. The number of hydrogen-bond acceptors (Lipinski definition) is 2. The van der Waals surface area contributed by atoms with Gasteiger partial charge in [-0.3, -0.25) is 9.59 Å². The first-order valence-corrected chi connectivity index (χ1v) is 4.55. The number of anilines is 1. The summed E-state index contributed by atoms with van der Waals surface area (Å²) in [6, 6.07) is 5.34. The Morgan fingerprint density at radius 1 is 1.43 bits per heavy atom. The molecule has 3 heteroatoms. The van der Waals surface area contributed by atoms with Crippen LogP contribution < -0.4 is 5.32 Å².